The summed E-state index contributed by atoms with van der Waals surface area (Å²) in [4.78, 5) is 27.9. The lowest BCUT2D eigenvalue weighted by atomic mass is 10.1. The Bertz CT molecular complexity index is 833. The van der Waals surface area contributed by atoms with Crippen LogP contribution >= 0.6 is 15.9 Å². The van der Waals surface area contributed by atoms with E-state index in [2.05, 4.69) is 43.5 Å². The van der Waals surface area contributed by atoms with E-state index in [1.165, 1.54) is 10.6 Å². The molecule has 2 aromatic rings. The van der Waals surface area contributed by atoms with Crippen molar-refractivity contribution in [3.05, 3.63) is 58.2 Å². The van der Waals surface area contributed by atoms with Crippen LogP contribution in [0, 0.1) is 0 Å². The van der Waals surface area contributed by atoms with E-state index in [0.717, 1.165) is 16.5 Å². The van der Waals surface area contributed by atoms with Crippen molar-refractivity contribution in [3.8, 4) is 0 Å². The van der Waals surface area contributed by atoms with Gasteiger partial charge in [-0.25, -0.2) is 9.99 Å². The monoisotopic (exact) mass is 400 g/mol. The van der Waals surface area contributed by atoms with Crippen molar-refractivity contribution in [1.29, 1.82) is 0 Å². The molecule has 2 heterocycles. The number of pyridine rings is 1. The molecule has 2 amide bonds. The molecule has 0 unspecified atom stereocenters. The number of anilines is 1. The van der Waals surface area contributed by atoms with Gasteiger partial charge < -0.3 is 5.32 Å². The minimum absolute atomic E-state index is 0.0911. The summed E-state index contributed by atoms with van der Waals surface area (Å²) in [6.07, 6.45) is 3.15. The maximum atomic E-state index is 12.2. The van der Waals surface area contributed by atoms with Crippen molar-refractivity contribution in [1.82, 2.24) is 9.99 Å². The number of hydrazone groups is 1. The summed E-state index contributed by atoms with van der Waals surface area (Å²) in [7, 11) is 1.55. The van der Waals surface area contributed by atoms with E-state index in [0.29, 0.717) is 24.4 Å². The molecule has 0 saturated carbocycles. The van der Waals surface area contributed by atoms with Crippen LogP contribution in [-0.4, -0.2) is 34.6 Å². The number of hydrogen-bond donors (Lipinski definition) is 1. The number of aromatic nitrogens is 1. The lowest BCUT2D eigenvalue weighted by Gasteiger charge is -2.18. The fraction of sp³-hybridized carbons (Fsp3) is 0.222. The number of carbonyl (C=O) groups is 2. The zero-order valence-electron chi connectivity index (χ0n) is 13.7. The van der Waals surface area contributed by atoms with Crippen LogP contribution in [-0.2, 0) is 16.0 Å². The number of benzene rings is 1. The van der Waals surface area contributed by atoms with Crippen molar-refractivity contribution in [2.75, 3.05) is 12.4 Å². The molecule has 6 nitrogen and oxygen atoms in total. The van der Waals surface area contributed by atoms with Crippen LogP contribution in [0.2, 0.25) is 0 Å². The first-order chi connectivity index (χ1) is 12.0. The van der Waals surface area contributed by atoms with Gasteiger partial charge in [-0.2, -0.15) is 5.10 Å². The van der Waals surface area contributed by atoms with Crippen molar-refractivity contribution >= 4 is 39.3 Å². The van der Waals surface area contributed by atoms with E-state index >= 15 is 0 Å². The van der Waals surface area contributed by atoms with Gasteiger partial charge in [0, 0.05) is 30.6 Å². The minimum Gasteiger partial charge on any atom is -0.305 e. The first kappa shape index (κ1) is 17.3. The van der Waals surface area contributed by atoms with E-state index in [-0.39, 0.29) is 11.8 Å². The highest BCUT2D eigenvalue weighted by Gasteiger charge is 2.22. The van der Waals surface area contributed by atoms with Gasteiger partial charge in [0.25, 0.3) is 5.91 Å². The van der Waals surface area contributed by atoms with Crippen LogP contribution in [0.3, 0.4) is 0 Å². The Balaban J connectivity index is 1.63. The van der Waals surface area contributed by atoms with Crippen LogP contribution in [0.25, 0.3) is 0 Å². The predicted octanol–water partition coefficient (Wildman–Crippen LogP) is 2.98. The van der Waals surface area contributed by atoms with Gasteiger partial charge in [-0.15, -0.1) is 0 Å². The zero-order chi connectivity index (χ0) is 17.8. The fourth-order valence-electron chi connectivity index (χ4n) is 2.51. The maximum Gasteiger partial charge on any atom is 0.273 e. The first-order valence-corrected chi connectivity index (χ1v) is 8.65. The molecule has 7 heteroatoms. The molecule has 0 saturated heterocycles. The molecule has 128 valence electrons. The van der Waals surface area contributed by atoms with Crippen molar-refractivity contribution in [3.63, 3.8) is 0 Å². The van der Waals surface area contributed by atoms with Crippen molar-refractivity contribution in [2.24, 2.45) is 5.10 Å². The second kappa shape index (κ2) is 7.57. The molecule has 1 aliphatic heterocycles. The number of halogens is 1. The standard InChI is InChI=1S/C18H17BrN4O2/c1-23-17(24)8-6-15(22-23)18(25)21-16-7-5-13(11-20-16)9-12-3-2-4-14(19)10-12/h2-5,7,10-11H,6,8-9H2,1H3,(H,20,21,25). The van der Waals surface area contributed by atoms with Crippen LogP contribution < -0.4 is 5.32 Å². The van der Waals surface area contributed by atoms with Gasteiger partial charge in [0.2, 0.25) is 5.91 Å². The van der Waals surface area contributed by atoms with Gasteiger partial charge in [-0.3, -0.25) is 9.59 Å². The number of rotatable bonds is 4. The van der Waals surface area contributed by atoms with Gasteiger partial charge in [0.1, 0.15) is 11.5 Å². The molecule has 25 heavy (non-hydrogen) atoms. The molecule has 0 aliphatic carbocycles. The molecule has 0 spiro atoms. The van der Waals surface area contributed by atoms with Crippen LogP contribution in [0.1, 0.15) is 24.0 Å². The quantitative estimate of drug-likeness (QED) is 0.856. The Hall–Kier alpha value is -2.54. The lowest BCUT2D eigenvalue weighted by molar-refractivity contribution is -0.130. The molecular weight excluding hydrogens is 384 g/mol. The topological polar surface area (TPSA) is 74.7 Å². The van der Waals surface area contributed by atoms with Gasteiger partial charge >= 0.3 is 0 Å². The molecule has 1 aromatic heterocycles. The summed E-state index contributed by atoms with van der Waals surface area (Å²) in [6, 6.07) is 11.8. The van der Waals surface area contributed by atoms with Crippen molar-refractivity contribution in [2.45, 2.75) is 19.3 Å². The molecule has 1 aliphatic rings. The highest BCUT2D eigenvalue weighted by molar-refractivity contribution is 9.10. The lowest BCUT2D eigenvalue weighted by Crippen LogP contribution is -2.34. The summed E-state index contributed by atoms with van der Waals surface area (Å²) >= 11 is 3.46. The van der Waals surface area contributed by atoms with Gasteiger partial charge in [-0.1, -0.05) is 34.1 Å². The zero-order valence-corrected chi connectivity index (χ0v) is 15.3. The molecule has 1 aromatic carbocycles. The van der Waals surface area contributed by atoms with E-state index in [4.69, 9.17) is 0 Å². The predicted molar refractivity (Wildman–Crippen MR) is 99.3 cm³/mol. The summed E-state index contributed by atoms with van der Waals surface area (Å²) < 4.78 is 1.04. The molecular formula is C18H17BrN4O2. The SMILES string of the molecule is CN1N=C(C(=O)Nc2ccc(Cc3cccc(Br)c3)cn2)CCC1=O. The largest absolute Gasteiger partial charge is 0.305 e. The van der Waals surface area contributed by atoms with Crippen LogP contribution in [0.5, 0.6) is 0 Å². The van der Waals surface area contributed by atoms with E-state index < -0.39 is 0 Å². The van der Waals surface area contributed by atoms with Crippen LogP contribution in [0.4, 0.5) is 5.82 Å². The van der Waals surface area contributed by atoms with Gasteiger partial charge in [0.15, 0.2) is 0 Å². The minimum atomic E-state index is -0.327. The summed E-state index contributed by atoms with van der Waals surface area (Å²) in [5, 5.41) is 7.92. The highest BCUT2D eigenvalue weighted by Crippen LogP contribution is 2.16. The van der Waals surface area contributed by atoms with Gasteiger partial charge in [-0.05, 0) is 35.7 Å². The molecule has 0 fully saturated rings. The smallest absolute Gasteiger partial charge is 0.273 e. The Labute approximate surface area is 154 Å². The highest BCUT2D eigenvalue weighted by atomic mass is 79.9. The third kappa shape index (κ3) is 4.51. The third-order valence-corrected chi connectivity index (χ3v) is 4.33. The number of amides is 2. The second-order valence-electron chi connectivity index (χ2n) is 5.78. The third-order valence-electron chi connectivity index (χ3n) is 3.83. The molecule has 1 N–H and O–H groups in total. The van der Waals surface area contributed by atoms with Crippen LogP contribution in [0.15, 0.2) is 52.2 Å². The molecule has 0 bridgehead atoms. The molecule has 3 rings (SSSR count). The number of nitrogens with one attached hydrogen (secondary N) is 1. The normalized spacial score (nSPS) is 14.2. The van der Waals surface area contributed by atoms with Crippen molar-refractivity contribution < 1.29 is 9.59 Å². The Morgan fingerprint density at radius 1 is 1.24 bits per heavy atom. The number of nitrogens with zero attached hydrogens (tertiary/aromatic N) is 3. The summed E-state index contributed by atoms with van der Waals surface area (Å²) in [5.74, 6) is 0.0448. The summed E-state index contributed by atoms with van der Waals surface area (Å²) in [5.41, 5.74) is 2.57. The Morgan fingerprint density at radius 2 is 2.08 bits per heavy atom. The molecule has 0 radical (unpaired) electrons. The summed E-state index contributed by atoms with van der Waals surface area (Å²) in [6.45, 7) is 0. The fourth-order valence-corrected chi connectivity index (χ4v) is 2.95. The Morgan fingerprint density at radius 3 is 2.76 bits per heavy atom. The maximum absolute atomic E-state index is 12.2. The average molecular weight is 401 g/mol. The van der Waals surface area contributed by atoms with Gasteiger partial charge in [0.05, 0.1) is 0 Å². The number of hydrogen-bond acceptors (Lipinski definition) is 4. The number of carbonyl (C=O) groups excluding carboxylic acids is 2. The van der Waals surface area contributed by atoms with E-state index in [9.17, 15) is 9.59 Å². The molecule has 0 atom stereocenters. The van der Waals surface area contributed by atoms with E-state index in [1.807, 2.05) is 18.2 Å². The second-order valence-corrected chi connectivity index (χ2v) is 6.69. The Kier molecular flexibility index (Phi) is 5.23. The first-order valence-electron chi connectivity index (χ1n) is 7.86. The average Bonchev–Trinajstić information content (AvgIpc) is 2.59. The van der Waals surface area contributed by atoms with E-state index in [1.54, 1.807) is 19.3 Å².